The highest BCUT2D eigenvalue weighted by Crippen LogP contribution is 2.30. The molecule has 1 N–H and O–H groups in total. The van der Waals surface area contributed by atoms with Gasteiger partial charge in [-0.25, -0.2) is 13.1 Å². The first-order valence-electron chi connectivity index (χ1n) is 7.38. The van der Waals surface area contributed by atoms with Crippen molar-refractivity contribution in [2.24, 2.45) is 0 Å². The molecule has 2 aromatic carbocycles. The smallest absolute Gasteiger partial charge is 0.293 e. The zero-order chi connectivity index (χ0) is 18.6. The largest absolute Gasteiger partial charge is 0.497 e. The lowest BCUT2D eigenvalue weighted by Crippen LogP contribution is -2.28. The molecule has 2 rings (SSSR count). The van der Waals surface area contributed by atoms with Crippen LogP contribution in [0.5, 0.6) is 5.75 Å². The minimum absolute atomic E-state index is 0.214. The second-order valence-corrected chi connectivity index (χ2v) is 7.82. The molecule has 0 fully saturated rings. The predicted octanol–water partition coefficient (Wildman–Crippen LogP) is 3.80. The molecule has 0 aliphatic heterocycles. The van der Waals surface area contributed by atoms with Crippen LogP contribution in [0.4, 0.5) is 5.69 Å². The van der Waals surface area contributed by atoms with Gasteiger partial charge in [-0.2, -0.15) is 0 Å². The lowest BCUT2D eigenvalue weighted by Gasteiger charge is -2.18. The van der Waals surface area contributed by atoms with E-state index in [1.54, 1.807) is 12.1 Å². The van der Waals surface area contributed by atoms with E-state index < -0.39 is 31.6 Å². The second kappa shape index (κ2) is 7.94. The number of hydrogen-bond donors (Lipinski definition) is 1. The van der Waals surface area contributed by atoms with Crippen molar-refractivity contribution < 1.29 is 18.1 Å². The van der Waals surface area contributed by atoms with E-state index in [4.69, 9.17) is 4.74 Å². The molecule has 134 valence electrons. The van der Waals surface area contributed by atoms with Crippen LogP contribution in [-0.2, 0) is 10.0 Å². The van der Waals surface area contributed by atoms with Gasteiger partial charge in [-0.15, -0.1) is 0 Å². The van der Waals surface area contributed by atoms with Crippen LogP contribution < -0.4 is 9.46 Å². The number of hydrogen-bond acceptors (Lipinski definition) is 5. The van der Waals surface area contributed by atoms with Crippen LogP contribution in [0.25, 0.3) is 0 Å². The first kappa shape index (κ1) is 19.4. The summed E-state index contributed by atoms with van der Waals surface area (Å²) in [7, 11) is -2.74. The van der Waals surface area contributed by atoms with E-state index in [0.717, 1.165) is 16.1 Å². The van der Waals surface area contributed by atoms with Gasteiger partial charge in [-0.05, 0) is 36.2 Å². The molecule has 0 aromatic heterocycles. The summed E-state index contributed by atoms with van der Waals surface area (Å²) in [6.07, 6.45) is 0.491. The number of nitro benzene ring substituents is 1. The van der Waals surface area contributed by atoms with E-state index in [-0.39, 0.29) is 5.75 Å². The number of ether oxygens (including phenoxy) is 1. The van der Waals surface area contributed by atoms with Crippen molar-refractivity contribution in [2.45, 2.75) is 24.3 Å². The van der Waals surface area contributed by atoms with E-state index in [9.17, 15) is 18.5 Å². The third-order valence-electron chi connectivity index (χ3n) is 3.63. The minimum Gasteiger partial charge on any atom is -0.497 e. The monoisotopic (exact) mass is 428 g/mol. The first-order chi connectivity index (χ1) is 11.8. The number of benzene rings is 2. The lowest BCUT2D eigenvalue weighted by molar-refractivity contribution is -0.387. The van der Waals surface area contributed by atoms with Gasteiger partial charge in [0.15, 0.2) is 4.90 Å². The van der Waals surface area contributed by atoms with Crippen LogP contribution in [0.2, 0.25) is 0 Å². The Hall–Kier alpha value is -1.97. The number of sulfonamides is 1. The molecule has 2 aromatic rings. The molecule has 0 saturated carbocycles. The van der Waals surface area contributed by atoms with Crippen LogP contribution in [-0.4, -0.2) is 20.5 Å². The van der Waals surface area contributed by atoms with Gasteiger partial charge in [0.2, 0.25) is 10.0 Å². The van der Waals surface area contributed by atoms with Gasteiger partial charge in [0.1, 0.15) is 5.75 Å². The van der Waals surface area contributed by atoms with Gasteiger partial charge in [-0.1, -0.05) is 35.0 Å². The van der Waals surface area contributed by atoms with E-state index in [1.165, 1.54) is 19.2 Å². The van der Waals surface area contributed by atoms with Crippen LogP contribution in [0.1, 0.15) is 24.9 Å². The Balaban J connectivity index is 2.41. The molecule has 0 spiro atoms. The van der Waals surface area contributed by atoms with Crippen molar-refractivity contribution in [1.82, 2.24) is 4.72 Å². The topological polar surface area (TPSA) is 98.5 Å². The molecular formula is C16H17BrN2O5S. The summed E-state index contributed by atoms with van der Waals surface area (Å²) in [5.41, 5.74) is 0.239. The van der Waals surface area contributed by atoms with Gasteiger partial charge in [0.25, 0.3) is 5.69 Å². The van der Waals surface area contributed by atoms with Crippen LogP contribution in [0.3, 0.4) is 0 Å². The van der Waals surface area contributed by atoms with Gasteiger partial charge in [0.05, 0.1) is 18.1 Å². The fourth-order valence-corrected chi connectivity index (χ4v) is 4.05. The maximum atomic E-state index is 12.7. The van der Waals surface area contributed by atoms with E-state index in [1.807, 2.05) is 19.1 Å². The number of rotatable bonds is 7. The molecule has 0 heterocycles. The molecular weight excluding hydrogens is 412 g/mol. The summed E-state index contributed by atoms with van der Waals surface area (Å²) in [5, 5.41) is 11.3. The average molecular weight is 429 g/mol. The highest BCUT2D eigenvalue weighted by molar-refractivity contribution is 9.10. The molecule has 1 unspecified atom stereocenters. The van der Waals surface area contributed by atoms with Crippen molar-refractivity contribution >= 4 is 31.6 Å². The molecule has 0 aliphatic rings. The zero-order valence-corrected chi connectivity index (χ0v) is 16.0. The van der Waals surface area contributed by atoms with Crippen molar-refractivity contribution in [3.63, 3.8) is 0 Å². The number of methoxy groups -OCH3 is 1. The van der Waals surface area contributed by atoms with E-state index >= 15 is 0 Å². The lowest BCUT2D eigenvalue weighted by atomic mass is 10.1. The Morgan fingerprint density at radius 2 is 1.88 bits per heavy atom. The normalized spacial score (nSPS) is 12.6. The second-order valence-electron chi connectivity index (χ2n) is 5.22. The number of nitrogens with one attached hydrogen (secondary N) is 1. The minimum atomic E-state index is -4.09. The highest BCUT2D eigenvalue weighted by Gasteiger charge is 2.28. The maximum absolute atomic E-state index is 12.7. The molecule has 0 amide bonds. The third-order valence-corrected chi connectivity index (χ3v) is 5.68. The number of nitro groups is 1. The van der Waals surface area contributed by atoms with Gasteiger partial charge < -0.3 is 4.74 Å². The molecule has 0 saturated heterocycles. The maximum Gasteiger partial charge on any atom is 0.293 e. The van der Waals surface area contributed by atoms with Crippen LogP contribution in [0.15, 0.2) is 51.8 Å². The molecule has 7 nitrogen and oxygen atoms in total. The summed E-state index contributed by atoms with van der Waals surface area (Å²) >= 11 is 3.33. The summed E-state index contributed by atoms with van der Waals surface area (Å²) < 4.78 is 33.7. The molecule has 0 aliphatic carbocycles. The number of nitrogens with zero attached hydrogens (tertiary/aromatic N) is 1. The Kier molecular flexibility index (Phi) is 6.15. The van der Waals surface area contributed by atoms with Crippen LogP contribution >= 0.6 is 15.9 Å². The van der Waals surface area contributed by atoms with Gasteiger partial charge in [-0.3, -0.25) is 10.1 Å². The highest BCUT2D eigenvalue weighted by atomic mass is 79.9. The molecule has 25 heavy (non-hydrogen) atoms. The molecule has 9 heteroatoms. The zero-order valence-electron chi connectivity index (χ0n) is 13.6. The van der Waals surface area contributed by atoms with Crippen molar-refractivity contribution in [3.8, 4) is 5.75 Å². The Morgan fingerprint density at radius 3 is 2.40 bits per heavy atom. The molecule has 0 radical (unpaired) electrons. The van der Waals surface area contributed by atoms with Crippen LogP contribution in [0, 0.1) is 10.1 Å². The predicted molar refractivity (Wildman–Crippen MR) is 97.1 cm³/mol. The third kappa shape index (κ3) is 4.56. The Morgan fingerprint density at radius 1 is 1.24 bits per heavy atom. The summed E-state index contributed by atoms with van der Waals surface area (Å²) in [4.78, 5) is 10.1. The van der Waals surface area contributed by atoms with E-state index in [0.29, 0.717) is 6.42 Å². The summed E-state index contributed by atoms with van der Waals surface area (Å²) in [6, 6.07) is 10.3. The van der Waals surface area contributed by atoms with Crippen molar-refractivity contribution in [1.29, 1.82) is 0 Å². The molecule has 0 bridgehead atoms. The fourth-order valence-electron chi connectivity index (χ4n) is 2.33. The van der Waals surface area contributed by atoms with Crippen molar-refractivity contribution in [3.05, 3.63) is 62.6 Å². The summed E-state index contributed by atoms with van der Waals surface area (Å²) in [6.45, 7) is 1.83. The Labute approximate surface area is 154 Å². The first-order valence-corrected chi connectivity index (χ1v) is 9.66. The van der Waals surface area contributed by atoms with Gasteiger partial charge >= 0.3 is 0 Å². The van der Waals surface area contributed by atoms with Crippen molar-refractivity contribution in [2.75, 3.05) is 7.11 Å². The SMILES string of the molecule is CCC(NS(=O)(=O)c1ccc(OC)cc1[N+](=O)[O-])c1ccc(Br)cc1. The molecule has 1 atom stereocenters. The number of halogens is 1. The Bertz CT molecular complexity index is 869. The quantitative estimate of drug-likeness (QED) is 0.533. The fraction of sp³-hybridized carbons (Fsp3) is 0.250. The van der Waals surface area contributed by atoms with E-state index in [2.05, 4.69) is 20.7 Å². The standard InChI is InChI=1S/C16H17BrN2O5S/c1-3-14(11-4-6-12(17)7-5-11)18-25(22,23)16-9-8-13(24-2)10-15(16)19(20)21/h4-10,14,18H,3H2,1-2H3. The van der Waals surface area contributed by atoms with Gasteiger partial charge in [0, 0.05) is 10.5 Å². The summed E-state index contributed by atoms with van der Waals surface area (Å²) in [5.74, 6) is 0.214. The average Bonchev–Trinajstić information content (AvgIpc) is 2.59.